The lowest BCUT2D eigenvalue weighted by Gasteiger charge is -2.25. The highest BCUT2D eigenvalue weighted by molar-refractivity contribution is 5.95. The number of carboxylic acid groups (broad SMARTS) is 1. The van der Waals surface area contributed by atoms with Gasteiger partial charge in [0.1, 0.15) is 24.7 Å². The molecule has 0 aromatic heterocycles. The quantitative estimate of drug-likeness (QED) is 0.0406. The average Bonchev–Trinajstić information content (AvgIpc) is 2.85. The molecule has 0 aliphatic carbocycles. The molecule has 0 saturated heterocycles. The Morgan fingerprint density at radius 2 is 1.25 bits per heavy atom. The van der Waals surface area contributed by atoms with Gasteiger partial charge in [0.25, 0.3) is 0 Å². The first-order valence-electron chi connectivity index (χ1n) is 12.9. The minimum atomic E-state index is -1.24. The molecule has 0 aliphatic heterocycles. The van der Waals surface area contributed by atoms with Crippen molar-refractivity contribution in [2.24, 2.45) is 44.6 Å². The number of hydrogen-bond donors (Lipinski definition) is 10. The number of rotatable bonds is 19. The molecule has 228 valence electrons. The molecule has 0 bridgehead atoms. The number of aliphatic carboxylic acids is 1. The summed E-state index contributed by atoms with van der Waals surface area (Å²) in [7, 11) is 0. The van der Waals surface area contributed by atoms with E-state index < -0.39 is 60.3 Å². The predicted molar refractivity (Wildman–Crippen MR) is 149 cm³/mol. The first-order valence-corrected chi connectivity index (χ1v) is 12.9. The number of amides is 4. The van der Waals surface area contributed by atoms with Crippen LogP contribution in [0.5, 0.6) is 0 Å². The summed E-state index contributed by atoms with van der Waals surface area (Å²) in [5.74, 6) is -4.06. The minimum Gasteiger partial charge on any atom is -0.480 e. The van der Waals surface area contributed by atoms with E-state index in [1.807, 2.05) is 13.8 Å². The maximum atomic E-state index is 13.1. The Labute approximate surface area is 233 Å². The summed E-state index contributed by atoms with van der Waals surface area (Å²) in [5, 5.41) is 18.7. The van der Waals surface area contributed by atoms with Crippen molar-refractivity contribution >= 4 is 41.5 Å². The van der Waals surface area contributed by atoms with E-state index in [-0.39, 0.29) is 43.6 Å². The van der Waals surface area contributed by atoms with E-state index in [0.29, 0.717) is 19.4 Å². The number of nitrogens with one attached hydrogen (secondary N) is 4. The highest BCUT2D eigenvalue weighted by Crippen LogP contribution is 2.07. The Morgan fingerprint density at radius 3 is 1.75 bits per heavy atom. The fourth-order valence-electron chi connectivity index (χ4n) is 3.37. The molecule has 0 saturated carbocycles. The number of aliphatic imine (C=N–C) groups is 2. The van der Waals surface area contributed by atoms with Gasteiger partial charge in [0.15, 0.2) is 11.9 Å². The van der Waals surface area contributed by atoms with Gasteiger partial charge in [-0.25, -0.2) is 0 Å². The van der Waals surface area contributed by atoms with Crippen molar-refractivity contribution in [3.05, 3.63) is 0 Å². The van der Waals surface area contributed by atoms with Crippen molar-refractivity contribution in [1.29, 1.82) is 0 Å². The normalized spacial score (nSPS) is 13.6. The van der Waals surface area contributed by atoms with Crippen LogP contribution in [-0.2, 0) is 24.0 Å². The van der Waals surface area contributed by atoms with E-state index in [9.17, 15) is 24.0 Å². The number of carboxylic acids is 1. The van der Waals surface area contributed by atoms with Crippen molar-refractivity contribution in [3.63, 3.8) is 0 Å². The van der Waals surface area contributed by atoms with Gasteiger partial charge in [-0.1, -0.05) is 13.8 Å². The van der Waals surface area contributed by atoms with Gasteiger partial charge >= 0.3 is 5.97 Å². The molecule has 15 N–H and O–H groups in total. The highest BCUT2D eigenvalue weighted by Gasteiger charge is 2.29. The second-order valence-corrected chi connectivity index (χ2v) is 9.60. The summed E-state index contributed by atoms with van der Waals surface area (Å²) in [6.45, 7) is 4.94. The molecule has 0 fully saturated rings. The number of nitrogens with zero attached hydrogens (tertiary/aromatic N) is 2. The lowest BCUT2D eigenvalue weighted by molar-refractivity contribution is -0.138. The Bertz CT molecular complexity index is 917. The van der Waals surface area contributed by atoms with Gasteiger partial charge < -0.3 is 55.0 Å². The van der Waals surface area contributed by atoms with Crippen molar-refractivity contribution < 1.29 is 29.1 Å². The number of hydrogen-bond acceptors (Lipinski definition) is 8. The molecule has 4 atom stereocenters. The van der Waals surface area contributed by atoms with E-state index in [0.717, 1.165) is 0 Å². The standard InChI is InChI=1S/C23H45N11O6/c1-12(2)10-16(20(39)31-11-17(35)36)34-21(40)15(7-5-9-30-23(27)28)33-18(37)13(3)32-19(38)14(24)6-4-8-29-22(25)26/h12-16H,4-11,24H2,1-3H3,(H,31,39)(H,32,38)(H,33,37)(H,34,40)(H,35,36)(H4,25,26,29)(H4,27,28,30). The lowest BCUT2D eigenvalue weighted by atomic mass is 10.0. The van der Waals surface area contributed by atoms with Gasteiger partial charge in [0, 0.05) is 13.1 Å². The van der Waals surface area contributed by atoms with E-state index in [2.05, 4.69) is 31.3 Å². The molecule has 0 rings (SSSR count). The number of carbonyl (C=O) groups is 5. The summed E-state index contributed by atoms with van der Waals surface area (Å²) < 4.78 is 0. The minimum absolute atomic E-state index is 0.0188. The Hall–Kier alpha value is -4.15. The molecule has 17 heteroatoms. The monoisotopic (exact) mass is 571 g/mol. The van der Waals surface area contributed by atoms with Crippen LogP contribution in [0.1, 0.15) is 52.9 Å². The molecule has 17 nitrogen and oxygen atoms in total. The van der Waals surface area contributed by atoms with Gasteiger partial charge in [-0.2, -0.15) is 0 Å². The molecule has 0 spiro atoms. The Kier molecular flexibility index (Phi) is 17.0. The summed E-state index contributed by atoms with van der Waals surface area (Å²) in [6, 6.07) is -4.12. The molecular formula is C23H45N11O6. The van der Waals surface area contributed by atoms with Gasteiger partial charge in [-0.3, -0.25) is 34.0 Å². The molecule has 40 heavy (non-hydrogen) atoms. The second-order valence-electron chi connectivity index (χ2n) is 9.60. The molecule has 4 amide bonds. The SMILES string of the molecule is CC(C)CC(NC(=O)C(CCCN=C(N)N)NC(=O)C(C)NC(=O)C(N)CCCN=C(N)N)C(=O)NCC(=O)O. The largest absolute Gasteiger partial charge is 0.480 e. The number of guanidine groups is 2. The van der Waals surface area contributed by atoms with E-state index in [1.54, 1.807) is 0 Å². The van der Waals surface area contributed by atoms with Crippen LogP contribution < -0.4 is 49.9 Å². The zero-order chi connectivity index (χ0) is 30.8. The first-order chi connectivity index (χ1) is 18.6. The van der Waals surface area contributed by atoms with Crippen LogP contribution in [-0.4, -0.2) is 90.4 Å². The fourth-order valence-corrected chi connectivity index (χ4v) is 3.37. The lowest BCUT2D eigenvalue weighted by Crippen LogP contribution is -2.57. The smallest absolute Gasteiger partial charge is 0.322 e. The maximum absolute atomic E-state index is 13.1. The fraction of sp³-hybridized carbons (Fsp3) is 0.696. The van der Waals surface area contributed by atoms with Crippen LogP contribution in [0.3, 0.4) is 0 Å². The summed E-state index contributed by atoms with van der Waals surface area (Å²) in [4.78, 5) is 69.4. The molecule has 4 unspecified atom stereocenters. The third-order valence-corrected chi connectivity index (χ3v) is 5.39. The Morgan fingerprint density at radius 1 is 0.725 bits per heavy atom. The average molecular weight is 572 g/mol. The molecule has 0 aromatic carbocycles. The van der Waals surface area contributed by atoms with Crippen LogP contribution in [0.25, 0.3) is 0 Å². The molecule has 0 aliphatic rings. The topological polar surface area (TPSA) is 309 Å². The Balaban J connectivity index is 5.39. The number of nitrogens with two attached hydrogens (primary N) is 5. The van der Waals surface area contributed by atoms with Crippen LogP contribution in [0.4, 0.5) is 0 Å². The second kappa shape index (κ2) is 19.0. The first kappa shape index (κ1) is 35.9. The summed E-state index contributed by atoms with van der Waals surface area (Å²) >= 11 is 0. The zero-order valence-corrected chi connectivity index (χ0v) is 23.3. The molecule has 0 heterocycles. The third kappa shape index (κ3) is 16.6. The number of carbonyl (C=O) groups excluding carboxylic acids is 4. The van der Waals surface area contributed by atoms with Crippen LogP contribution >= 0.6 is 0 Å². The van der Waals surface area contributed by atoms with E-state index >= 15 is 0 Å². The van der Waals surface area contributed by atoms with Crippen molar-refractivity contribution in [3.8, 4) is 0 Å². The van der Waals surface area contributed by atoms with Crippen LogP contribution in [0, 0.1) is 5.92 Å². The van der Waals surface area contributed by atoms with E-state index in [4.69, 9.17) is 33.8 Å². The predicted octanol–water partition coefficient (Wildman–Crippen LogP) is -3.86. The summed E-state index contributed by atoms with van der Waals surface area (Å²) in [5.41, 5.74) is 27.0. The van der Waals surface area contributed by atoms with Gasteiger partial charge in [0.05, 0.1) is 6.04 Å². The maximum Gasteiger partial charge on any atom is 0.322 e. The highest BCUT2D eigenvalue weighted by atomic mass is 16.4. The molecule has 0 aromatic rings. The van der Waals surface area contributed by atoms with Crippen LogP contribution in [0.15, 0.2) is 9.98 Å². The van der Waals surface area contributed by atoms with Crippen molar-refractivity contribution in [2.75, 3.05) is 19.6 Å². The van der Waals surface area contributed by atoms with Gasteiger partial charge in [0.2, 0.25) is 23.6 Å². The van der Waals surface area contributed by atoms with Gasteiger partial charge in [-0.05, 0) is 44.9 Å². The van der Waals surface area contributed by atoms with Crippen LogP contribution in [0.2, 0.25) is 0 Å². The van der Waals surface area contributed by atoms with Crippen molar-refractivity contribution in [2.45, 2.75) is 77.0 Å². The van der Waals surface area contributed by atoms with E-state index in [1.165, 1.54) is 6.92 Å². The van der Waals surface area contributed by atoms with Crippen molar-refractivity contribution in [1.82, 2.24) is 21.3 Å². The molecule has 0 radical (unpaired) electrons. The third-order valence-electron chi connectivity index (χ3n) is 5.39. The summed E-state index contributed by atoms with van der Waals surface area (Å²) in [6.07, 6.45) is 1.35. The zero-order valence-electron chi connectivity index (χ0n) is 23.3. The van der Waals surface area contributed by atoms with Gasteiger partial charge in [-0.15, -0.1) is 0 Å². The molecular weight excluding hydrogens is 526 g/mol.